The van der Waals surface area contributed by atoms with Crippen molar-refractivity contribution in [1.82, 2.24) is 9.47 Å². The smallest absolute Gasteiger partial charge is 0.303 e. The molecule has 0 aliphatic carbocycles. The standard InChI is InChI=1S/C26H30ClFN4O.C11H18O.C4H8O2/c1-4-17(2)25(29)21-16-32(15-18-5-7-19(27)8-6-18)23-14-24(22(28)13-20(23)26(21)33)31-11-9-30(3)10-12-31;1-4-5-6-7-8-11(2)9-10-12-3;1-2-3-4(5)6/h5-8,13-14,16H,4,9-12,15,29H2,1-3H3;4-8H,9-10H2,1-3H3;2-3H2,1H3,(H,5,6)/b;5-4-,7-6-,11-8+;. The third kappa shape index (κ3) is 14.2. The average molecular weight is 723 g/mol. The highest BCUT2D eigenvalue weighted by atomic mass is 35.5. The summed E-state index contributed by atoms with van der Waals surface area (Å²) < 4.78 is 22.2. The van der Waals surface area contributed by atoms with E-state index in [4.69, 9.17) is 27.2 Å². The molecule has 0 unspecified atom stereocenters. The van der Waals surface area contributed by atoms with E-state index in [1.54, 1.807) is 13.3 Å². The third-order valence-electron chi connectivity index (χ3n) is 8.50. The lowest BCUT2D eigenvalue weighted by atomic mass is 10.0. The van der Waals surface area contributed by atoms with Crippen LogP contribution in [0.5, 0.6) is 0 Å². The van der Waals surface area contributed by atoms with Crippen molar-refractivity contribution in [3.8, 4) is 0 Å². The molecule has 1 fully saturated rings. The largest absolute Gasteiger partial charge is 0.481 e. The number of nitrogens with two attached hydrogens (primary N) is 1. The number of benzene rings is 2. The normalized spacial score (nSPS) is 14.3. The first-order valence-electron chi connectivity index (χ1n) is 17.5. The Morgan fingerprint density at radius 1 is 1.04 bits per heavy atom. The fourth-order valence-electron chi connectivity index (χ4n) is 5.17. The molecule has 0 amide bonds. The van der Waals surface area contributed by atoms with E-state index in [0.717, 1.165) is 63.2 Å². The molecule has 10 heteroatoms. The van der Waals surface area contributed by atoms with E-state index >= 15 is 4.39 Å². The number of hydrogen-bond donors (Lipinski definition) is 2. The Morgan fingerprint density at radius 3 is 2.25 bits per heavy atom. The lowest BCUT2D eigenvalue weighted by Gasteiger charge is -2.34. The van der Waals surface area contributed by atoms with Gasteiger partial charge < -0.3 is 29.9 Å². The zero-order chi connectivity index (χ0) is 37.9. The zero-order valence-electron chi connectivity index (χ0n) is 31.3. The van der Waals surface area contributed by atoms with Crippen molar-refractivity contribution in [2.45, 2.75) is 66.8 Å². The van der Waals surface area contributed by atoms with Gasteiger partial charge in [-0.05, 0) is 82.5 Å². The number of carboxylic acids is 1. The number of piperazine rings is 1. The summed E-state index contributed by atoms with van der Waals surface area (Å²) in [6, 6.07) is 10.8. The summed E-state index contributed by atoms with van der Waals surface area (Å²) in [7, 11) is 3.79. The number of pyridine rings is 1. The Labute approximate surface area is 308 Å². The summed E-state index contributed by atoms with van der Waals surface area (Å²) in [4.78, 5) is 27.3. The van der Waals surface area contributed by atoms with Crippen LogP contribution in [-0.2, 0) is 16.1 Å². The van der Waals surface area contributed by atoms with Crippen molar-refractivity contribution >= 4 is 39.9 Å². The lowest BCUT2D eigenvalue weighted by Crippen LogP contribution is -2.44. The second-order valence-corrected chi connectivity index (χ2v) is 13.0. The average Bonchev–Trinajstić information content (AvgIpc) is 3.11. The van der Waals surface area contributed by atoms with E-state index in [1.165, 1.54) is 11.6 Å². The van der Waals surface area contributed by atoms with Crippen LogP contribution in [0.4, 0.5) is 10.1 Å². The van der Waals surface area contributed by atoms with Crippen LogP contribution in [0.2, 0.25) is 5.02 Å². The zero-order valence-corrected chi connectivity index (χ0v) is 32.1. The molecule has 2 aromatic carbocycles. The van der Waals surface area contributed by atoms with E-state index < -0.39 is 5.97 Å². The molecule has 1 aromatic heterocycles. The summed E-state index contributed by atoms with van der Waals surface area (Å²) >= 11 is 6.06. The first kappa shape index (κ1) is 43.0. The molecular weight excluding hydrogens is 667 g/mol. The van der Waals surface area contributed by atoms with Crippen LogP contribution in [0.25, 0.3) is 16.6 Å². The molecule has 278 valence electrons. The van der Waals surface area contributed by atoms with Gasteiger partial charge in [-0.15, -0.1) is 0 Å². The van der Waals surface area contributed by atoms with Gasteiger partial charge in [-0.1, -0.05) is 73.5 Å². The van der Waals surface area contributed by atoms with Gasteiger partial charge in [0.25, 0.3) is 0 Å². The molecule has 51 heavy (non-hydrogen) atoms. The van der Waals surface area contributed by atoms with Crippen LogP contribution in [-0.4, -0.2) is 67.5 Å². The van der Waals surface area contributed by atoms with E-state index in [2.05, 4.69) is 29.8 Å². The maximum Gasteiger partial charge on any atom is 0.303 e. The Bertz CT molecular complexity index is 1740. The van der Waals surface area contributed by atoms with Crippen LogP contribution in [0.15, 0.2) is 88.9 Å². The molecule has 1 aliphatic rings. The van der Waals surface area contributed by atoms with E-state index in [0.29, 0.717) is 45.8 Å². The minimum Gasteiger partial charge on any atom is -0.481 e. The number of allylic oxidation sites excluding steroid dienone is 6. The minimum atomic E-state index is -0.711. The van der Waals surface area contributed by atoms with Gasteiger partial charge in [0.05, 0.1) is 16.8 Å². The predicted molar refractivity (Wildman–Crippen MR) is 212 cm³/mol. The van der Waals surface area contributed by atoms with Crippen molar-refractivity contribution in [3.63, 3.8) is 0 Å². The predicted octanol–water partition coefficient (Wildman–Crippen LogP) is 8.67. The van der Waals surface area contributed by atoms with E-state index in [1.807, 2.05) is 86.9 Å². The molecule has 1 saturated heterocycles. The van der Waals surface area contributed by atoms with Gasteiger partial charge in [0.2, 0.25) is 0 Å². The number of hydrogen-bond acceptors (Lipinski definition) is 6. The highest BCUT2D eigenvalue weighted by molar-refractivity contribution is 6.30. The quantitative estimate of drug-likeness (QED) is 0.181. The summed E-state index contributed by atoms with van der Waals surface area (Å²) in [5, 5.41) is 8.91. The second kappa shape index (κ2) is 22.6. The molecule has 2 heterocycles. The number of aliphatic carboxylic acids is 1. The van der Waals surface area contributed by atoms with Gasteiger partial charge in [-0.25, -0.2) is 4.39 Å². The monoisotopic (exact) mass is 722 g/mol. The lowest BCUT2D eigenvalue weighted by molar-refractivity contribution is -0.137. The molecule has 4 rings (SSSR count). The summed E-state index contributed by atoms with van der Waals surface area (Å²) in [5.41, 5.74) is 11.5. The summed E-state index contributed by atoms with van der Waals surface area (Å²) in [6.07, 6.45) is 14.8. The van der Waals surface area contributed by atoms with Gasteiger partial charge in [-0.3, -0.25) is 9.59 Å². The van der Waals surface area contributed by atoms with Gasteiger partial charge in [0.1, 0.15) is 5.82 Å². The molecule has 0 saturated carbocycles. The second-order valence-electron chi connectivity index (χ2n) is 12.6. The Morgan fingerprint density at radius 2 is 1.71 bits per heavy atom. The van der Waals surface area contributed by atoms with Gasteiger partial charge in [0.15, 0.2) is 5.43 Å². The number of likely N-dealkylation sites (N-methyl/N-ethyl adjacent to an activating group) is 1. The van der Waals surface area contributed by atoms with Gasteiger partial charge in [-0.2, -0.15) is 0 Å². The Balaban J connectivity index is 0.000000415. The Hall–Kier alpha value is -4.18. The molecule has 8 nitrogen and oxygen atoms in total. The van der Waals surface area contributed by atoms with Crippen LogP contribution in [0, 0.1) is 5.82 Å². The van der Waals surface area contributed by atoms with Crippen molar-refractivity contribution in [2.75, 3.05) is 51.8 Å². The molecule has 3 N–H and O–H groups in total. The summed E-state index contributed by atoms with van der Waals surface area (Å²) in [6.45, 7) is 14.4. The number of anilines is 1. The fourth-order valence-corrected chi connectivity index (χ4v) is 5.30. The topological polar surface area (TPSA) is 101 Å². The van der Waals surface area contributed by atoms with Crippen LogP contribution >= 0.6 is 11.6 Å². The van der Waals surface area contributed by atoms with Crippen LogP contribution in [0.3, 0.4) is 0 Å². The van der Waals surface area contributed by atoms with E-state index in [9.17, 15) is 9.59 Å². The van der Waals surface area contributed by atoms with Crippen LogP contribution < -0.4 is 16.1 Å². The van der Waals surface area contributed by atoms with Gasteiger partial charge in [0, 0.05) is 75.2 Å². The molecule has 1 aliphatic heterocycles. The highest BCUT2D eigenvalue weighted by Gasteiger charge is 2.21. The molecule has 0 radical (unpaired) electrons. The first-order chi connectivity index (χ1) is 24.4. The number of rotatable bonds is 12. The van der Waals surface area contributed by atoms with Crippen molar-refractivity contribution in [1.29, 1.82) is 0 Å². The Kier molecular flexibility index (Phi) is 19.0. The third-order valence-corrected chi connectivity index (χ3v) is 8.75. The number of fused-ring (bicyclic) bond motifs is 1. The molecule has 3 aromatic rings. The van der Waals surface area contributed by atoms with Crippen molar-refractivity contribution in [2.24, 2.45) is 5.73 Å². The molecule has 0 bridgehead atoms. The number of carbonyl (C=O) groups is 1. The number of ether oxygens (including phenoxy) is 1. The number of nitrogens with zero attached hydrogens (tertiary/aromatic N) is 3. The number of methoxy groups -OCH3 is 1. The number of halogens is 2. The van der Waals surface area contributed by atoms with E-state index in [-0.39, 0.29) is 11.2 Å². The number of carboxylic acid groups (broad SMARTS) is 1. The fraction of sp³-hybridized carbons (Fsp3) is 0.415. The first-order valence-corrected chi connectivity index (χ1v) is 17.9. The SMILES string of the molecule is CCC(C)=C(N)c1cn(Cc2ccc(Cl)cc2)c2cc(N3CCN(C)CC3)c(F)cc2c1=O.CCCC(=O)O.C\C=C/C=C\C=C(/C)CCOC. The maximum atomic E-state index is 15.3. The molecule has 0 atom stereocenters. The highest BCUT2D eigenvalue weighted by Crippen LogP contribution is 2.28. The maximum absolute atomic E-state index is 15.3. The van der Waals surface area contributed by atoms with Crippen LogP contribution in [0.1, 0.15) is 71.4 Å². The molecule has 0 spiro atoms. The summed E-state index contributed by atoms with van der Waals surface area (Å²) in [5.74, 6) is -1.09. The van der Waals surface area contributed by atoms with Crippen molar-refractivity contribution < 1.29 is 19.0 Å². The minimum absolute atomic E-state index is 0.244. The van der Waals surface area contributed by atoms with Gasteiger partial charge >= 0.3 is 5.97 Å². The number of aromatic nitrogens is 1. The molecular formula is C41H56ClFN4O4. The van der Waals surface area contributed by atoms with Crippen molar-refractivity contribution in [3.05, 3.63) is 116 Å².